The first-order valence-electron chi connectivity index (χ1n) is 11.4. The predicted octanol–water partition coefficient (Wildman–Crippen LogP) is 1.82. The molecule has 0 spiro atoms. The number of amides is 1. The molecule has 2 bridgehead atoms. The number of fused-ring (bicyclic) bond motifs is 2. The summed E-state index contributed by atoms with van der Waals surface area (Å²) in [6.45, 7) is 2.86. The van der Waals surface area contributed by atoms with E-state index in [9.17, 15) is 9.59 Å². The molecule has 6 heterocycles. The SMILES string of the molecule is CNC(=O)c1ccc(N2CCC(N3CC4(c5nn6ccc(Cl)c6c(=O)[nH]5)CC3C4)CC2)cn1. The van der Waals surface area contributed by atoms with Crippen LogP contribution in [0, 0.1) is 0 Å². The Kier molecular flexibility index (Phi) is 4.74. The van der Waals surface area contributed by atoms with E-state index in [0.29, 0.717) is 28.3 Å². The third kappa shape index (κ3) is 3.25. The van der Waals surface area contributed by atoms with E-state index in [0.717, 1.165) is 56.8 Å². The summed E-state index contributed by atoms with van der Waals surface area (Å²) in [5.74, 6) is 0.614. The zero-order valence-electron chi connectivity index (χ0n) is 18.4. The molecule has 3 saturated heterocycles. The van der Waals surface area contributed by atoms with Gasteiger partial charge in [-0.2, -0.15) is 5.10 Å². The van der Waals surface area contributed by atoms with E-state index < -0.39 is 0 Å². The fourth-order valence-corrected chi connectivity index (χ4v) is 6.13. The number of hydrogen-bond acceptors (Lipinski definition) is 6. The third-order valence-corrected chi connectivity index (χ3v) is 7.99. The van der Waals surface area contributed by atoms with Crippen LogP contribution in [0.5, 0.6) is 0 Å². The number of aromatic nitrogens is 4. The number of hydrogen-bond donors (Lipinski definition) is 2. The van der Waals surface area contributed by atoms with E-state index >= 15 is 0 Å². The highest BCUT2D eigenvalue weighted by Crippen LogP contribution is 2.53. The molecule has 172 valence electrons. The van der Waals surface area contributed by atoms with Crippen LogP contribution >= 0.6 is 11.6 Å². The van der Waals surface area contributed by atoms with Crippen molar-refractivity contribution in [2.75, 3.05) is 31.6 Å². The van der Waals surface area contributed by atoms with Gasteiger partial charge in [0.25, 0.3) is 11.5 Å². The first kappa shape index (κ1) is 20.7. The number of nitrogens with zero attached hydrogens (tertiary/aromatic N) is 5. The van der Waals surface area contributed by atoms with Crippen molar-refractivity contribution in [3.63, 3.8) is 0 Å². The Morgan fingerprint density at radius 3 is 2.70 bits per heavy atom. The minimum absolute atomic E-state index is 0.0640. The van der Waals surface area contributed by atoms with Gasteiger partial charge in [-0.1, -0.05) is 11.6 Å². The molecule has 3 aliphatic heterocycles. The van der Waals surface area contributed by atoms with Gasteiger partial charge < -0.3 is 15.2 Å². The molecule has 4 fully saturated rings. The Bertz CT molecular complexity index is 1270. The number of halogens is 1. The van der Waals surface area contributed by atoms with Crippen molar-refractivity contribution in [2.45, 2.75) is 43.2 Å². The van der Waals surface area contributed by atoms with Crippen molar-refractivity contribution < 1.29 is 4.79 Å². The van der Waals surface area contributed by atoms with Gasteiger partial charge in [-0.05, 0) is 43.9 Å². The molecule has 1 amide bonds. The molecule has 1 aliphatic carbocycles. The molecule has 33 heavy (non-hydrogen) atoms. The molecule has 0 aromatic carbocycles. The standard InChI is InChI=1S/C23H26ClN7O2/c1-25-20(32)18-3-2-15(12-26-18)29-7-4-14(5-8-29)30-13-23(10-16(30)11-23)22-27-21(33)19-17(24)6-9-31(19)28-22/h2-3,6,9,12,14,16H,4-5,7-8,10-11,13H2,1H3,(H,25,32)(H,27,28,33). The average molecular weight is 468 g/mol. The van der Waals surface area contributed by atoms with Gasteiger partial charge in [0.05, 0.1) is 16.9 Å². The van der Waals surface area contributed by atoms with Crippen molar-refractivity contribution in [1.82, 2.24) is 29.8 Å². The van der Waals surface area contributed by atoms with Gasteiger partial charge in [0.2, 0.25) is 0 Å². The number of rotatable bonds is 4. The highest BCUT2D eigenvalue weighted by Gasteiger charge is 2.59. The van der Waals surface area contributed by atoms with E-state index in [-0.39, 0.29) is 16.9 Å². The predicted molar refractivity (Wildman–Crippen MR) is 125 cm³/mol. The Hall–Kier alpha value is -2.91. The molecule has 7 rings (SSSR count). The Balaban J connectivity index is 1.13. The number of aromatic amines is 1. The second-order valence-corrected chi connectivity index (χ2v) is 9.88. The molecule has 4 aliphatic rings. The molecule has 0 atom stereocenters. The van der Waals surface area contributed by atoms with Crippen LogP contribution in [0.25, 0.3) is 5.52 Å². The Morgan fingerprint density at radius 1 is 1.21 bits per heavy atom. The molecule has 3 aromatic heterocycles. The van der Waals surface area contributed by atoms with Gasteiger partial charge in [-0.15, -0.1) is 0 Å². The van der Waals surface area contributed by atoms with E-state index in [1.54, 1.807) is 36.1 Å². The number of anilines is 1. The number of nitrogens with one attached hydrogen (secondary N) is 2. The topological polar surface area (TPSA) is 98.6 Å². The second kappa shape index (κ2) is 7.56. The maximum absolute atomic E-state index is 12.6. The van der Waals surface area contributed by atoms with E-state index in [2.05, 4.69) is 25.1 Å². The van der Waals surface area contributed by atoms with Gasteiger partial charge >= 0.3 is 0 Å². The van der Waals surface area contributed by atoms with Gasteiger partial charge in [0, 0.05) is 50.4 Å². The summed E-state index contributed by atoms with van der Waals surface area (Å²) in [4.78, 5) is 36.6. The van der Waals surface area contributed by atoms with Crippen LogP contribution in [0.2, 0.25) is 5.02 Å². The summed E-state index contributed by atoms with van der Waals surface area (Å²) < 4.78 is 1.61. The fourth-order valence-electron chi connectivity index (χ4n) is 5.90. The lowest BCUT2D eigenvalue weighted by Gasteiger charge is -2.40. The summed E-state index contributed by atoms with van der Waals surface area (Å²) in [6, 6.07) is 6.56. The van der Waals surface area contributed by atoms with Gasteiger partial charge in [0.15, 0.2) is 0 Å². The molecular weight excluding hydrogens is 442 g/mol. The summed E-state index contributed by atoms with van der Waals surface area (Å²) in [7, 11) is 1.61. The van der Waals surface area contributed by atoms with Crippen LogP contribution in [0.15, 0.2) is 35.4 Å². The summed E-state index contributed by atoms with van der Waals surface area (Å²) >= 11 is 6.13. The molecule has 1 saturated carbocycles. The second-order valence-electron chi connectivity index (χ2n) is 9.47. The maximum Gasteiger partial charge on any atom is 0.276 e. The van der Waals surface area contributed by atoms with Crippen LogP contribution in [0.3, 0.4) is 0 Å². The van der Waals surface area contributed by atoms with E-state index in [1.807, 2.05) is 6.07 Å². The number of H-pyrrole nitrogens is 1. The molecule has 2 N–H and O–H groups in total. The first-order valence-corrected chi connectivity index (χ1v) is 11.8. The van der Waals surface area contributed by atoms with Crippen molar-refractivity contribution >= 4 is 28.7 Å². The van der Waals surface area contributed by atoms with Crippen molar-refractivity contribution in [3.05, 3.63) is 57.5 Å². The molecule has 10 heteroatoms. The first-order chi connectivity index (χ1) is 16.0. The Morgan fingerprint density at radius 2 is 2.00 bits per heavy atom. The number of pyridine rings is 1. The monoisotopic (exact) mass is 467 g/mol. The summed E-state index contributed by atoms with van der Waals surface area (Å²) in [5, 5.41) is 7.74. The smallest absolute Gasteiger partial charge is 0.276 e. The molecule has 9 nitrogen and oxygen atoms in total. The molecule has 0 unspecified atom stereocenters. The highest BCUT2D eigenvalue weighted by molar-refractivity contribution is 6.33. The van der Waals surface area contributed by atoms with Crippen LogP contribution in [0.4, 0.5) is 5.69 Å². The largest absolute Gasteiger partial charge is 0.370 e. The lowest BCUT2D eigenvalue weighted by molar-refractivity contribution is 0.0958. The van der Waals surface area contributed by atoms with E-state index in [4.69, 9.17) is 16.7 Å². The quantitative estimate of drug-likeness (QED) is 0.607. The van der Waals surface area contributed by atoms with Crippen LogP contribution in [-0.2, 0) is 5.41 Å². The fraction of sp³-hybridized carbons (Fsp3) is 0.478. The number of piperidine rings is 1. The van der Waals surface area contributed by atoms with Crippen molar-refractivity contribution in [1.29, 1.82) is 0 Å². The van der Waals surface area contributed by atoms with Gasteiger partial charge in [-0.3, -0.25) is 14.5 Å². The zero-order chi connectivity index (χ0) is 22.7. The molecular formula is C23H26ClN7O2. The van der Waals surface area contributed by atoms with Crippen LogP contribution in [0.1, 0.15) is 42.0 Å². The highest BCUT2D eigenvalue weighted by atomic mass is 35.5. The van der Waals surface area contributed by atoms with Crippen molar-refractivity contribution in [2.24, 2.45) is 0 Å². The lowest BCUT2D eigenvalue weighted by Crippen LogP contribution is -2.46. The van der Waals surface area contributed by atoms with Crippen molar-refractivity contribution in [3.8, 4) is 0 Å². The Labute approximate surface area is 195 Å². The number of carbonyl (C=O) groups is 1. The lowest BCUT2D eigenvalue weighted by atomic mass is 9.69. The van der Waals surface area contributed by atoms with E-state index in [1.165, 1.54) is 0 Å². The minimum Gasteiger partial charge on any atom is -0.370 e. The summed E-state index contributed by atoms with van der Waals surface area (Å²) in [6.07, 6.45) is 7.79. The molecule has 3 aromatic rings. The van der Waals surface area contributed by atoms with Gasteiger partial charge in [0.1, 0.15) is 17.0 Å². The normalized spacial score (nSPS) is 25.4. The average Bonchev–Trinajstić information content (AvgIpc) is 3.51. The third-order valence-electron chi connectivity index (χ3n) is 7.69. The van der Waals surface area contributed by atoms with Crippen LogP contribution in [-0.4, -0.2) is 69.2 Å². The number of carbonyl (C=O) groups excluding carboxylic acids is 1. The van der Waals surface area contributed by atoms with Gasteiger partial charge in [-0.25, -0.2) is 9.50 Å². The summed E-state index contributed by atoms with van der Waals surface area (Å²) in [5.41, 5.74) is 1.67. The zero-order valence-corrected chi connectivity index (χ0v) is 19.2. The minimum atomic E-state index is -0.171. The molecule has 0 radical (unpaired) electrons. The maximum atomic E-state index is 12.6. The van der Waals surface area contributed by atoms with Crippen LogP contribution < -0.4 is 15.8 Å².